The summed E-state index contributed by atoms with van der Waals surface area (Å²) in [5.74, 6) is -0.293. The van der Waals surface area contributed by atoms with Crippen LogP contribution in [0.3, 0.4) is 0 Å². The van der Waals surface area contributed by atoms with Crippen LogP contribution < -0.4 is 10.9 Å². The van der Waals surface area contributed by atoms with Crippen LogP contribution in [0.4, 0.5) is 0 Å². The van der Waals surface area contributed by atoms with Crippen molar-refractivity contribution < 1.29 is 4.79 Å². The molecule has 1 atom stereocenters. The Labute approximate surface area is 146 Å². The number of carbonyl (C=O) groups excluding carboxylic acids is 1. The summed E-state index contributed by atoms with van der Waals surface area (Å²) in [4.78, 5) is 29.6. The Balaban J connectivity index is 1.90. The molecule has 0 saturated heterocycles. The van der Waals surface area contributed by atoms with E-state index in [2.05, 4.69) is 10.3 Å². The molecule has 0 radical (unpaired) electrons. The van der Waals surface area contributed by atoms with E-state index >= 15 is 0 Å². The molecule has 1 amide bonds. The third kappa shape index (κ3) is 3.95. The first-order valence-electron chi connectivity index (χ1n) is 8.17. The summed E-state index contributed by atoms with van der Waals surface area (Å²) in [7, 11) is 3.92. The molecule has 5 heteroatoms. The second-order valence-corrected chi connectivity index (χ2v) is 6.30. The highest BCUT2D eigenvalue weighted by atomic mass is 16.2. The maximum atomic E-state index is 12.7. The van der Waals surface area contributed by atoms with E-state index in [1.807, 2.05) is 61.5 Å². The van der Waals surface area contributed by atoms with E-state index in [1.54, 1.807) is 18.2 Å². The van der Waals surface area contributed by atoms with Crippen molar-refractivity contribution in [2.24, 2.45) is 0 Å². The molecule has 0 spiro atoms. The lowest BCUT2D eigenvalue weighted by Crippen LogP contribution is -2.36. The summed E-state index contributed by atoms with van der Waals surface area (Å²) < 4.78 is 0. The Hall–Kier alpha value is -2.92. The minimum absolute atomic E-state index is 0.168. The van der Waals surface area contributed by atoms with Crippen molar-refractivity contribution in [2.45, 2.75) is 6.04 Å². The molecule has 3 rings (SSSR count). The van der Waals surface area contributed by atoms with Crippen molar-refractivity contribution in [3.05, 3.63) is 82.3 Å². The number of fused-ring (bicyclic) bond motifs is 1. The van der Waals surface area contributed by atoms with Crippen LogP contribution in [0.5, 0.6) is 0 Å². The molecule has 2 N–H and O–H groups in total. The number of benzene rings is 2. The number of aromatic nitrogens is 1. The number of aromatic amines is 1. The van der Waals surface area contributed by atoms with Crippen LogP contribution in [0.2, 0.25) is 0 Å². The number of nitrogens with one attached hydrogen (secondary N) is 2. The zero-order valence-corrected chi connectivity index (χ0v) is 14.3. The third-order valence-electron chi connectivity index (χ3n) is 4.05. The number of nitrogens with zero attached hydrogens (tertiary/aromatic N) is 1. The minimum atomic E-state index is -0.293. The van der Waals surface area contributed by atoms with Crippen LogP contribution in [0.25, 0.3) is 10.8 Å². The van der Waals surface area contributed by atoms with Gasteiger partial charge in [-0.15, -0.1) is 0 Å². The van der Waals surface area contributed by atoms with Gasteiger partial charge in [-0.1, -0.05) is 48.5 Å². The fraction of sp³-hybridized carbons (Fsp3) is 0.200. The lowest BCUT2D eigenvalue weighted by atomic mass is 10.1. The summed E-state index contributed by atoms with van der Waals surface area (Å²) in [6, 6.07) is 18.6. The molecule has 0 aliphatic rings. The Morgan fingerprint density at radius 1 is 1.08 bits per heavy atom. The van der Waals surface area contributed by atoms with Gasteiger partial charge in [0, 0.05) is 11.9 Å². The molecule has 1 heterocycles. The number of carbonyl (C=O) groups is 1. The maximum absolute atomic E-state index is 12.7. The number of pyridine rings is 1. The van der Waals surface area contributed by atoms with Crippen LogP contribution >= 0.6 is 0 Å². The number of amides is 1. The van der Waals surface area contributed by atoms with Crippen LogP contribution in [0.15, 0.2) is 65.5 Å². The van der Waals surface area contributed by atoms with Crippen molar-refractivity contribution in [1.29, 1.82) is 0 Å². The summed E-state index contributed by atoms with van der Waals surface area (Å²) in [5, 5.41) is 4.35. The fourth-order valence-electron chi connectivity index (χ4n) is 2.85. The van der Waals surface area contributed by atoms with Crippen molar-refractivity contribution in [3.8, 4) is 0 Å². The quantitative estimate of drug-likeness (QED) is 0.753. The van der Waals surface area contributed by atoms with Crippen LogP contribution in [0, 0.1) is 0 Å². The van der Waals surface area contributed by atoms with Crippen LogP contribution in [-0.2, 0) is 0 Å². The molecule has 0 fully saturated rings. The maximum Gasteiger partial charge on any atom is 0.268 e. The second-order valence-electron chi connectivity index (χ2n) is 6.30. The fourth-order valence-corrected chi connectivity index (χ4v) is 2.85. The van der Waals surface area contributed by atoms with Crippen LogP contribution in [0.1, 0.15) is 22.1 Å². The molecule has 0 bridgehead atoms. The number of hydrogen-bond acceptors (Lipinski definition) is 3. The average Bonchev–Trinajstić information content (AvgIpc) is 2.61. The van der Waals surface area contributed by atoms with Gasteiger partial charge in [0.15, 0.2) is 0 Å². The first-order valence-corrected chi connectivity index (χ1v) is 8.17. The topological polar surface area (TPSA) is 65.2 Å². The molecule has 128 valence electrons. The monoisotopic (exact) mass is 335 g/mol. The smallest absolute Gasteiger partial charge is 0.268 e. The predicted molar refractivity (Wildman–Crippen MR) is 99.8 cm³/mol. The normalized spacial score (nSPS) is 12.3. The summed E-state index contributed by atoms with van der Waals surface area (Å²) in [5.41, 5.74) is 1.03. The molecule has 0 aliphatic carbocycles. The molecule has 3 aromatic rings. The van der Waals surface area contributed by atoms with Gasteiger partial charge in [0.25, 0.3) is 11.5 Å². The lowest BCUT2D eigenvalue weighted by molar-refractivity contribution is 0.0925. The Morgan fingerprint density at radius 3 is 2.48 bits per heavy atom. The van der Waals surface area contributed by atoms with E-state index in [9.17, 15) is 9.59 Å². The summed E-state index contributed by atoms with van der Waals surface area (Å²) in [6.07, 6.45) is 0. The van der Waals surface area contributed by atoms with E-state index in [1.165, 1.54) is 0 Å². The Kier molecular flexibility index (Phi) is 4.95. The van der Waals surface area contributed by atoms with Gasteiger partial charge in [0.1, 0.15) is 5.69 Å². The molecule has 25 heavy (non-hydrogen) atoms. The summed E-state index contributed by atoms with van der Waals surface area (Å²) in [6.45, 7) is 0.660. The first kappa shape index (κ1) is 16.9. The highest BCUT2D eigenvalue weighted by Gasteiger charge is 2.17. The average molecular weight is 335 g/mol. The van der Waals surface area contributed by atoms with Gasteiger partial charge < -0.3 is 15.2 Å². The van der Waals surface area contributed by atoms with E-state index in [4.69, 9.17) is 0 Å². The largest absolute Gasteiger partial charge is 0.343 e. The SMILES string of the molecule is CN(C)C[C@H](NC(=O)c1cc2ccccc2c(=O)[nH]1)c1ccccc1. The Bertz CT molecular complexity index is 932. The van der Waals surface area contributed by atoms with Crippen molar-refractivity contribution >= 4 is 16.7 Å². The van der Waals surface area contributed by atoms with E-state index in [0.717, 1.165) is 10.9 Å². The van der Waals surface area contributed by atoms with Gasteiger partial charge in [0.05, 0.1) is 6.04 Å². The van der Waals surface area contributed by atoms with Crippen molar-refractivity contribution in [1.82, 2.24) is 15.2 Å². The van der Waals surface area contributed by atoms with Gasteiger partial charge in [-0.05, 0) is 37.2 Å². The van der Waals surface area contributed by atoms with E-state index in [-0.39, 0.29) is 23.2 Å². The van der Waals surface area contributed by atoms with Gasteiger partial charge in [0.2, 0.25) is 0 Å². The Morgan fingerprint density at radius 2 is 1.76 bits per heavy atom. The van der Waals surface area contributed by atoms with Gasteiger partial charge in [-0.2, -0.15) is 0 Å². The molecule has 1 aromatic heterocycles. The number of hydrogen-bond donors (Lipinski definition) is 2. The standard InChI is InChI=1S/C20H21N3O2/c1-23(2)13-18(14-8-4-3-5-9-14)22-20(25)17-12-15-10-6-7-11-16(15)19(24)21-17/h3-12,18H,13H2,1-2H3,(H,21,24)(H,22,25)/t18-/m0/s1. The molecule has 5 nitrogen and oxygen atoms in total. The molecule has 0 aliphatic heterocycles. The first-order chi connectivity index (χ1) is 12.0. The van der Waals surface area contributed by atoms with Crippen molar-refractivity contribution in [2.75, 3.05) is 20.6 Å². The molecular formula is C20H21N3O2. The van der Waals surface area contributed by atoms with Gasteiger partial charge >= 0.3 is 0 Å². The zero-order valence-electron chi connectivity index (χ0n) is 14.3. The second kappa shape index (κ2) is 7.32. The van der Waals surface area contributed by atoms with Gasteiger partial charge in [-0.3, -0.25) is 9.59 Å². The number of rotatable bonds is 5. The summed E-state index contributed by atoms with van der Waals surface area (Å²) >= 11 is 0. The molecule has 2 aromatic carbocycles. The molecular weight excluding hydrogens is 314 g/mol. The van der Waals surface area contributed by atoms with Gasteiger partial charge in [-0.25, -0.2) is 0 Å². The molecule has 0 saturated carbocycles. The predicted octanol–water partition coefficient (Wildman–Crippen LogP) is 2.56. The third-order valence-corrected chi connectivity index (χ3v) is 4.05. The zero-order chi connectivity index (χ0) is 17.8. The minimum Gasteiger partial charge on any atom is -0.343 e. The number of likely N-dealkylation sites (N-methyl/N-ethyl adjacent to an activating group) is 1. The lowest BCUT2D eigenvalue weighted by Gasteiger charge is -2.23. The van der Waals surface area contributed by atoms with E-state index in [0.29, 0.717) is 11.9 Å². The van der Waals surface area contributed by atoms with Crippen LogP contribution in [-0.4, -0.2) is 36.4 Å². The highest BCUT2D eigenvalue weighted by molar-refractivity contribution is 5.96. The van der Waals surface area contributed by atoms with Crippen molar-refractivity contribution in [3.63, 3.8) is 0 Å². The number of H-pyrrole nitrogens is 1. The molecule has 0 unspecified atom stereocenters. The highest BCUT2D eigenvalue weighted by Crippen LogP contribution is 2.15. The van der Waals surface area contributed by atoms with E-state index < -0.39 is 0 Å².